The van der Waals surface area contributed by atoms with Gasteiger partial charge in [-0.3, -0.25) is 4.79 Å². The van der Waals surface area contributed by atoms with E-state index in [0.29, 0.717) is 19.1 Å². The number of amides is 2. The summed E-state index contributed by atoms with van der Waals surface area (Å²) in [6, 6.07) is -0.161. The van der Waals surface area contributed by atoms with Crippen LogP contribution >= 0.6 is 0 Å². The second-order valence-electron chi connectivity index (χ2n) is 8.81. The third-order valence-corrected chi connectivity index (χ3v) is 4.94. The van der Waals surface area contributed by atoms with Crippen LogP contribution in [-0.2, 0) is 9.53 Å². The number of piperidine rings is 1. The quantitative estimate of drug-likeness (QED) is 0.824. The van der Waals surface area contributed by atoms with Crippen LogP contribution in [0.15, 0.2) is 0 Å². The van der Waals surface area contributed by atoms with Gasteiger partial charge < -0.3 is 20.3 Å². The van der Waals surface area contributed by atoms with Crippen LogP contribution in [0.1, 0.15) is 66.7 Å². The van der Waals surface area contributed by atoms with Crippen LogP contribution < -0.4 is 5.73 Å². The zero-order chi connectivity index (χ0) is 18.8. The van der Waals surface area contributed by atoms with E-state index in [1.54, 1.807) is 0 Å². The van der Waals surface area contributed by atoms with Crippen molar-refractivity contribution in [2.45, 2.75) is 90.4 Å². The number of nitrogens with zero attached hydrogens (tertiary/aromatic N) is 2. The molecule has 0 spiro atoms. The first-order valence-electron chi connectivity index (χ1n) is 9.66. The highest BCUT2D eigenvalue weighted by Crippen LogP contribution is 2.30. The van der Waals surface area contributed by atoms with E-state index >= 15 is 0 Å². The summed E-state index contributed by atoms with van der Waals surface area (Å²) in [5, 5.41) is 0. The maximum atomic E-state index is 12.8. The summed E-state index contributed by atoms with van der Waals surface area (Å²) in [6.07, 6.45) is 4.78. The normalized spacial score (nSPS) is 22.7. The molecule has 1 aliphatic carbocycles. The summed E-state index contributed by atoms with van der Waals surface area (Å²) in [5.41, 5.74) is 5.60. The number of rotatable bonds is 5. The second kappa shape index (κ2) is 7.94. The van der Waals surface area contributed by atoms with Crippen molar-refractivity contribution in [2.24, 2.45) is 11.7 Å². The molecule has 2 unspecified atom stereocenters. The highest BCUT2D eigenvalue weighted by Gasteiger charge is 2.39. The van der Waals surface area contributed by atoms with Gasteiger partial charge in [0, 0.05) is 19.1 Å². The Bertz CT molecular complexity index is 483. The number of likely N-dealkylation sites (tertiary alicyclic amines) is 1. The van der Waals surface area contributed by atoms with Crippen LogP contribution in [0, 0.1) is 5.92 Å². The summed E-state index contributed by atoms with van der Waals surface area (Å²) in [6.45, 7) is 10.9. The molecule has 0 aromatic heterocycles. The van der Waals surface area contributed by atoms with Crippen LogP contribution in [0.5, 0.6) is 0 Å². The van der Waals surface area contributed by atoms with E-state index < -0.39 is 11.6 Å². The predicted molar refractivity (Wildman–Crippen MR) is 98.1 cm³/mol. The van der Waals surface area contributed by atoms with Crippen molar-refractivity contribution in [2.75, 3.05) is 13.1 Å². The molecule has 2 rings (SSSR count). The fourth-order valence-electron chi connectivity index (χ4n) is 3.26. The number of nitrogens with two attached hydrogens (primary N) is 1. The maximum Gasteiger partial charge on any atom is 0.410 e. The zero-order valence-electron chi connectivity index (χ0n) is 16.5. The van der Waals surface area contributed by atoms with Crippen LogP contribution in [0.2, 0.25) is 0 Å². The fourth-order valence-corrected chi connectivity index (χ4v) is 3.26. The van der Waals surface area contributed by atoms with Crippen molar-refractivity contribution in [1.82, 2.24) is 9.80 Å². The number of hydrogen-bond donors (Lipinski definition) is 1. The maximum absolute atomic E-state index is 12.8. The van der Waals surface area contributed by atoms with Gasteiger partial charge in [-0.2, -0.15) is 0 Å². The molecule has 144 valence electrons. The average molecular weight is 354 g/mol. The lowest BCUT2D eigenvalue weighted by atomic mass is 10.00. The lowest BCUT2D eigenvalue weighted by molar-refractivity contribution is -0.135. The summed E-state index contributed by atoms with van der Waals surface area (Å²) in [7, 11) is 0. The third kappa shape index (κ3) is 5.59. The molecule has 25 heavy (non-hydrogen) atoms. The lowest BCUT2D eigenvalue weighted by Gasteiger charge is -2.40. The summed E-state index contributed by atoms with van der Waals surface area (Å²) in [5.74, 6) is 0.134. The van der Waals surface area contributed by atoms with Crippen molar-refractivity contribution < 1.29 is 14.3 Å². The van der Waals surface area contributed by atoms with Crippen molar-refractivity contribution >= 4 is 12.0 Å². The number of hydrogen-bond acceptors (Lipinski definition) is 4. The van der Waals surface area contributed by atoms with Crippen LogP contribution in [0.4, 0.5) is 4.79 Å². The molecule has 0 aromatic rings. The Hall–Kier alpha value is -1.30. The first-order valence-corrected chi connectivity index (χ1v) is 9.66. The lowest BCUT2D eigenvalue weighted by Crippen LogP contribution is -2.55. The average Bonchev–Trinajstić information content (AvgIpc) is 3.34. The Balaban J connectivity index is 2.07. The van der Waals surface area contributed by atoms with Gasteiger partial charge in [0.25, 0.3) is 0 Å². The van der Waals surface area contributed by atoms with E-state index in [1.807, 2.05) is 44.4 Å². The molecule has 1 aliphatic heterocycles. The SMILES string of the molecule is CC(C)C(N)C(=O)N(CC1CCCCN1C(=O)OC(C)(C)C)C1CC1. The Labute approximate surface area is 152 Å². The van der Waals surface area contributed by atoms with E-state index in [9.17, 15) is 9.59 Å². The Morgan fingerprint density at radius 2 is 1.84 bits per heavy atom. The highest BCUT2D eigenvalue weighted by atomic mass is 16.6. The molecule has 2 atom stereocenters. The smallest absolute Gasteiger partial charge is 0.410 e. The molecule has 2 fully saturated rings. The topological polar surface area (TPSA) is 75.9 Å². The zero-order valence-corrected chi connectivity index (χ0v) is 16.5. The summed E-state index contributed by atoms with van der Waals surface area (Å²) >= 11 is 0. The Morgan fingerprint density at radius 3 is 2.36 bits per heavy atom. The molecule has 2 aliphatic rings. The largest absolute Gasteiger partial charge is 0.444 e. The van der Waals surface area contributed by atoms with Crippen molar-refractivity contribution in [3.8, 4) is 0 Å². The second-order valence-corrected chi connectivity index (χ2v) is 8.81. The van der Waals surface area contributed by atoms with E-state index in [1.165, 1.54) is 0 Å². The minimum absolute atomic E-state index is 0.0206. The van der Waals surface area contributed by atoms with Gasteiger partial charge >= 0.3 is 6.09 Å². The monoisotopic (exact) mass is 353 g/mol. The molecular weight excluding hydrogens is 318 g/mol. The van der Waals surface area contributed by atoms with Gasteiger partial charge in [-0.05, 0) is 58.8 Å². The minimum atomic E-state index is -0.509. The molecule has 1 saturated heterocycles. The number of carbonyl (C=O) groups is 2. The molecule has 1 heterocycles. The van der Waals surface area contributed by atoms with Gasteiger partial charge in [-0.25, -0.2) is 4.79 Å². The van der Waals surface area contributed by atoms with E-state index in [-0.39, 0.29) is 24.0 Å². The first kappa shape index (κ1) is 20.0. The molecule has 2 N–H and O–H groups in total. The number of carbonyl (C=O) groups excluding carboxylic acids is 2. The molecule has 6 nitrogen and oxygen atoms in total. The molecule has 0 aromatic carbocycles. The van der Waals surface area contributed by atoms with Crippen molar-refractivity contribution in [1.29, 1.82) is 0 Å². The van der Waals surface area contributed by atoms with Gasteiger partial charge in [0.2, 0.25) is 5.91 Å². The highest BCUT2D eigenvalue weighted by molar-refractivity contribution is 5.82. The van der Waals surface area contributed by atoms with Gasteiger partial charge in [0.1, 0.15) is 5.60 Å². The third-order valence-electron chi connectivity index (χ3n) is 4.94. The molecular formula is C19H35N3O3. The molecule has 2 amide bonds. The van der Waals surface area contributed by atoms with Crippen molar-refractivity contribution in [3.63, 3.8) is 0 Å². The van der Waals surface area contributed by atoms with E-state index in [0.717, 1.165) is 32.1 Å². The van der Waals surface area contributed by atoms with E-state index in [4.69, 9.17) is 10.5 Å². The molecule has 6 heteroatoms. The summed E-state index contributed by atoms with van der Waals surface area (Å²) in [4.78, 5) is 29.1. The van der Waals surface area contributed by atoms with Gasteiger partial charge in [-0.1, -0.05) is 13.8 Å². The number of ether oxygens (including phenoxy) is 1. The Kier molecular flexibility index (Phi) is 6.35. The summed E-state index contributed by atoms with van der Waals surface area (Å²) < 4.78 is 5.57. The minimum Gasteiger partial charge on any atom is -0.444 e. The van der Waals surface area contributed by atoms with Gasteiger partial charge in [0.15, 0.2) is 0 Å². The van der Waals surface area contributed by atoms with E-state index in [2.05, 4.69) is 0 Å². The van der Waals surface area contributed by atoms with Crippen LogP contribution in [-0.4, -0.2) is 58.6 Å². The van der Waals surface area contributed by atoms with Crippen LogP contribution in [0.25, 0.3) is 0 Å². The standard InChI is InChI=1S/C19H35N3O3/c1-13(2)16(20)17(23)22(14-9-10-14)12-15-8-6-7-11-21(15)18(24)25-19(3,4)5/h13-16H,6-12,20H2,1-5H3. The molecule has 0 bridgehead atoms. The van der Waals surface area contributed by atoms with Gasteiger partial charge in [-0.15, -0.1) is 0 Å². The fraction of sp³-hybridized carbons (Fsp3) is 0.895. The first-order chi connectivity index (χ1) is 11.6. The van der Waals surface area contributed by atoms with Crippen molar-refractivity contribution in [3.05, 3.63) is 0 Å². The van der Waals surface area contributed by atoms with Gasteiger partial charge in [0.05, 0.1) is 12.1 Å². The molecule has 0 radical (unpaired) electrons. The Morgan fingerprint density at radius 1 is 1.20 bits per heavy atom. The van der Waals surface area contributed by atoms with Crippen LogP contribution in [0.3, 0.4) is 0 Å². The predicted octanol–water partition coefficient (Wildman–Crippen LogP) is 2.75. The molecule has 1 saturated carbocycles.